The summed E-state index contributed by atoms with van der Waals surface area (Å²) in [7, 11) is 0. The molecule has 0 bridgehead atoms. The van der Waals surface area contributed by atoms with Gasteiger partial charge in [0.05, 0.1) is 23.0 Å². The predicted octanol–water partition coefficient (Wildman–Crippen LogP) is 4.00. The molecule has 0 spiro atoms. The molecule has 20 heavy (non-hydrogen) atoms. The molecule has 0 unspecified atom stereocenters. The Labute approximate surface area is 133 Å². The van der Waals surface area contributed by atoms with Gasteiger partial charge in [-0.3, -0.25) is 0 Å². The molecule has 0 aliphatic rings. The zero-order valence-corrected chi connectivity index (χ0v) is 13.5. The third kappa shape index (κ3) is 2.92. The van der Waals surface area contributed by atoms with E-state index in [1.54, 1.807) is 16.0 Å². The van der Waals surface area contributed by atoms with E-state index in [0.717, 1.165) is 27.0 Å². The average Bonchev–Trinajstić information content (AvgIpc) is 3.09. The van der Waals surface area contributed by atoms with Crippen molar-refractivity contribution in [3.63, 3.8) is 0 Å². The van der Waals surface area contributed by atoms with Crippen molar-refractivity contribution in [3.05, 3.63) is 52.3 Å². The molecule has 3 rings (SSSR count). The van der Waals surface area contributed by atoms with Crippen LogP contribution < -0.4 is 0 Å². The zero-order chi connectivity index (χ0) is 13.9. The summed E-state index contributed by atoms with van der Waals surface area (Å²) in [6.45, 7) is 0.612. The summed E-state index contributed by atoms with van der Waals surface area (Å²) in [5, 5.41) is 12.5. The van der Waals surface area contributed by atoms with Crippen molar-refractivity contribution in [3.8, 4) is 10.6 Å². The van der Waals surface area contributed by atoms with Crippen molar-refractivity contribution in [1.29, 1.82) is 0 Å². The lowest BCUT2D eigenvalue weighted by Gasteiger charge is -1.99. The van der Waals surface area contributed by atoms with Crippen molar-refractivity contribution in [1.82, 2.24) is 20.0 Å². The summed E-state index contributed by atoms with van der Waals surface area (Å²) < 4.78 is 1.78. The fourth-order valence-corrected chi connectivity index (χ4v) is 3.17. The van der Waals surface area contributed by atoms with Crippen molar-refractivity contribution in [2.24, 2.45) is 0 Å². The van der Waals surface area contributed by atoms with Gasteiger partial charge >= 0.3 is 0 Å². The highest BCUT2D eigenvalue weighted by Crippen LogP contribution is 2.30. The van der Waals surface area contributed by atoms with Gasteiger partial charge in [0.25, 0.3) is 0 Å². The van der Waals surface area contributed by atoms with Gasteiger partial charge in [0.15, 0.2) is 0 Å². The van der Waals surface area contributed by atoms with Crippen LogP contribution in [0, 0.1) is 0 Å². The minimum Gasteiger partial charge on any atom is -0.246 e. The van der Waals surface area contributed by atoms with Gasteiger partial charge in [0.1, 0.15) is 5.01 Å². The number of benzene rings is 1. The molecule has 2 aromatic heterocycles. The summed E-state index contributed by atoms with van der Waals surface area (Å²) in [6, 6.07) is 7.72. The Morgan fingerprint density at radius 1 is 1.25 bits per heavy atom. The van der Waals surface area contributed by atoms with E-state index < -0.39 is 0 Å². The first-order chi connectivity index (χ1) is 9.76. The fraction of sp³-hybridized carbons (Fsp3) is 0.154. The van der Waals surface area contributed by atoms with Gasteiger partial charge in [0, 0.05) is 22.5 Å². The maximum atomic E-state index is 6.18. The molecule has 3 aromatic rings. The van der Waals surface area contributed by atoms with E-state index in [1.165, 1.54) is 0 Å². The third-order valence-electron chi connectivity index (χ3n) is 2.70. The summed E-state index contributed by atoms with van der Waals surface area (Å²) >= 11 is 11.1. The fourth-order valence-electron chi connectivity index (χ4n) is 1.78. The number of alkyl halides is 1. The topological polar surface area (TPSA) is 43.6 Å². The summed E-state index contributed by atoms with van der Waals surface area (Å²) in [5.74, 6) is 0. The Kier molecular flexibility index (Phi) is 4.14. The van der Waals surface area contributed by atoms with Crippen LogP contribution in [0.5, 0.6) is 0 Å². The number of hydrogen-bond donors (Lipinski definition) is 0. The molecular weight excluding hydrogens is 360 g/mol. The molecule has 7 heteroatoms. The predicted molar refractivity (Wildman–Crippen MR) is 84.3 cm³/mol. The Morgan fingerprint density at radius 2 is 2.10 bits per heavy atom. The van der Waals surface area contributed by atoms with Crippen LogP contribution in [-0.2, 0) is 11.9 Å². The Hall–Kier alpha value is -1.24. The van der Waals surface area contributed by atoms with Gasteiger partial charge in [-0.2, -0.15) is 0 Å². The molecule has 0 saturated carbocycles. The Balaban J connectivity index is 1.82. The second-order valence-electron chi connectivity index (χ2n) is 4.16. The summed E-state index contributed by atoms with van der Waals surface area (Å²) in [6.07, 6.45) is 1.91. The van der Waals surface area contributed by atoms with Gasteiger partial charge in [-0.15, -0.1) is 16.4 Å². The van der Waals surface area contributed by atoms with Crippen molar-refractivity contribution < 1.29 is 0 Å². The molecule has 1 aromatic carbocycles. The van der Waals surface area contributed by atoms with Crippen LogP contribution in [0.1, 0.15) is 11.4 Å². The van der Waals surface area contributed by atoms with Crippen LogP contribution in [0.15, 0.2) is 35.8 Å². The van der Waals surface area contributed by atoms with E-state index in [2.05, 4.69) is 31.2 Å². The molecular formula is C13H10BrClN4S. The van der Waals surface area contributed by atoms with Crippen LogP contribution in [-0.4, -0.2) is 20.0 Å². The minimum atomic E-state index is 0.612. The standard InChI is InChI=1S/C13H10BrClN4S/c14-5-9-6-19(18-17-9)7-10-8-20-13(16-10)11-3-1-2-4-12(11)15/h1-4,6,8H,5,7H2. The second kappa shape index (κ2) is 6.03. The van der Waals surface area contributed by atoms with Crippen LogP contribution in [0.25, 0.3) is 10.6 Å². The minimum absolute atomic E-state index is 0.612. The number of hydrogen-bond acceptors (Lipinski definition) is 4. The van der Waals surface area contributed by atoms with Crippen molar-refractivity contribution in [2.75, 3.05) is 0 Å². The summed E-state index contributed by atoms with van der Waals surface area (Å²) in [4.78, 5) is 4.61. The highest BCUT2D eigenvalue weighted by atomic mass is 79.9. The second-order valence-corrected chi connectivity index (χ2v) is 5.99. The molecule has 0 atom stereocenters. The van der Waals surface area contributed by atoms with Crippen molar-refractivity contribution >= 4 is 38.9 Å². The normalized spacial score (nSPS) is 10.9. The Bertz CT molecular complexity index is 724. The molecule has 102 valence electrons. The maximum Gasteiger partial charge on any atom is 0.125 e. The van der Waals surface area contributed by atoms with E-state index in [1.807, 2.05) is 35.8 Å². The molecule has 2 heterocycles. The first-order valence-electron chi connectivity index (χ1n) is 5.90. The molecule has 0 saturated heterocycles. The lowest BCUT2D eigenvalue weighted by molar-refractivity contribution is 0.641. The highest BCUT2D eigenvalue weighted by Gasteiger charge is 2.09. The number of thiazole rings is 1. The first-order valence-corrected chi connectivity index (χ1v) is 8.28. The molecule has 0 fully saturated rings. The average molecular weight is 370 g/mol. The van der Waals surface area contributed by atoms with Crippen molar-refractivity contribution in [2.45, 2.75) is 11.9 Å². The summed E-state index contributed by atoms with van der Waals surface area (Å²) in [5.41, 5.74) is 2.83. The van der Waals surface area contributed by atoms with Gasteiger partial charge in [-0.05, 0) is 6.07 Å². The maximum absolute atomic E-state index is 6.18. The van der Waals surface area contributed by atoms with Gasteiger partial charge < -0.3 is 0 Å². The van der Waals surface area contributed by atoms with Crippen LogP contribution >= 0.6 is 38.9 Å². The number of rotatable bonds is 4. The van der Waals surface area contributed by atoms with E-state index in [9.17, 15) is 0 Å². The molecule has 0 aliphatic heterocycles. The van der Waals surface area contributed by atoms with E-state index >= 15 is 0 Å². The monoisotopic (exact) mass is 368 g/mol. The number of halogens is 2. The number of aromatic nitrogens is 4. The van der Waals surface area contributed by atoms with E-state index in [-0.39, 0.29) is 0 Å². The van der Waals surface area contributed by atoms with E-state index in [0.29, 0.717) is 11.9 Å². The smallest absolute Gasteiger partial charge is 0.125 e. The van der Waals surface area contributed by atoms with Crippen LogP contribution in [0.3, 0.4) is 0 Å². The molecule has 0 N–H and O–H groups in total. The third-order valence-corrected chi connectivity index (χ3v) is 4.53. The molecule has 0 amide bonds. The van der Waals surface area contributed by atoms with Crippen LogP contribution in [0.2, 0.25) is 5.02 Å². The first kappa shape index (κ1) is 13.7. The zero-order valence-electron chi connectivity index (χ0n) is 10.3. The highest BCUT2D eigenvalue weighted by molar-refractivity contribution is 9.08. The number of nitrogens with zero attached hydrogens (tertiary/aromatic N) is 4. The SMILES string of the molecule is Clc1ccccc1-c1nc(Cn2cc(CBr)nn2)cs1. The quantitative estimate of drug-likeness (QED) is 0.653. The lowest BCUT2D eigenvalue weighted by Crippen LogP contribution is -2.00. The van der Waals surface area contributed by atoms with Gasteiger partial charge in [0.2, 0.25) is 0 Å². The Morgan fingerprint density at radius 3 is 2.85 bits per heavy atom. The van der Waals surface area contributed by atoms with Gasteiger partial charge in [-0.25, -0.2) is 9.67 Å². The molecule has 0 aliphatic carbocycles. The lowest BCUT2D eigenvalue weighted by atomic mass is 10.2. The van der Waals surface area contributed by atoms with E-state index in [4.69, 9.17) is 11.6 Å². The van der Waals surface area contributed by atoms with Gasteiger partial charge in [-0.1, -0.05) is 50.9 Å². The van der Waals surface area contributed by atoms with Crippen LogP contribution in [0.4, 0.5) is 0 Å². The molecule has 0 radical (unpaired) electrons. The molecule has 4 nitrogen and oxygen atoms in total. The largest absolute Gasteiger partial charge is 0.246 e.